The van der Waals surface area contributed by atoms with Gasteiger partial charge in [-0.05, 0) is 50.1 Å². The van der Waals surface area contributed by atoms with Crippen molar-refractivity contribution < 1.29 is 0 Å². The molecule has 0 saturated heterocycles. The van der Waals surface area contributed by atoms with E-state index in [1.54, 1.807) is 22.9 Å². The maximum Gasteiger partial charge on any atom is 0.250 e. The summed E-state index contributed by atoms with van der Waals surface area (Å²) in [6, 6.07) is 11.2. The normalized spacial score (nSPS) is 10.3. The van der Waals surface area contributed by atoms with Gasteiger partial charge < -0.3 is 9.88 Å². The summed E-state index contributed by atoms with van der Waals surface area (Å²) in [5, 5.41) is 3.29. The van der Waals surface area contributed by atoms with Gasteiger partial charge in [-0.3, -0.25) is 4.79 Å². The number of anilines is 1. The first-order chi connectivity index (χ1) is 8.66. The molecule has 1 aromatic heterocycles. The van der Waals surface area contributed by atoms with E-state index in [9.17, 15) is 4.79 Å². The van der Waals surface area contributed by atoms with Crippen molar-refractivity contribution >= 4 is 37.5 Å². The van der Waals surface area contributed by atoms with Gasteiger partial charge in [-0.1, -0.05) is 12.1 Å². The number of halogens is 2. The lowest BCUT2D eigenvalue weighted by atomic mass is 10.3. The van der Waals surface area contributed by atoms with Crippen LogP contribution in [-0.4, -0.2) is 11.1 Å². The van der Waals surface area contributed by atoms with Gasteiger partial charge in [-0.15, -0.1) is 0 Å². The number of nitrogens with one attached hydrogen (secondary N) is 1. The Bertz CT molecular complexity index is 596. The molecule has 0 unspecified atom stereocenters. The third-order valence-corrected chi connectivity index (χ3v) is 3.65. The number of aromatic nitrogens is 1. The summed E-state index contributed by atoms with van der Waals surface area (Å²) in [5.41, 5.74) is 1.03. The zero-order valence-electron chi connectivity index (χ0n) is 9.57. The zero-order chi connectivity index (χ0) is 13.0. The molecule has 0 fully saturated rings. The van der Waals surface area contributed by atoms with Crippen molar-refractivity contribution in [1.82, 2.24) is 4.57 Å². The minimum absolute atomic E-state index is 0.00660. The van der Waals surface area contributed by atoms with Crippen molar-refractivity contribution in [3.63, 3.8) is 0 Å². The molecular formula is C13H12Br2N2O. The summed E-state index contributed by atoms with van der Waals surface area (Å²) >= 11 is 6.83. The highest BCUT2D eigenvalue weighted by Gasteiger charge is 1.99. The Morgan fingerprint density at radius 2 is 1.89 bits per heavy atom. The average molecular weight is 372 g/mol. The monoisotopic (exact) mass is 370 g/mol. The molecule has 3 nitrogen and oxygen atoms in total. The zero-order valence-corrected chi connectivity index (χ0v) is 12.7. The molecule has 0 bridgehead atoms. The topological polar surface area (TPSA) is 34.0 Å². The van der Waals surface area contributed by atoms with Crippen LogP contribution >= 0.6 is 31.9 Å². The van der Waals surface area contributed by atoms with E-state index in [4.69, 9.17) is 0 Å². The summed E-state index contributed by atoms with van der Waals surface area (Å²) in [7, 11) is 0. The number of rotatable bonds is 4. The van der Waals surface area contributed by atoms with Crippen LogP contribution in [0.4, 0.5) is 5.69 Å². The number of hydrogen-bond donors (Lipinski definition) is 1. The van der Waals surface area contributed by atoms with Gasteiger partial charge in [0.05, 0.1) is 0 Å². The second kappa shape index (κ2) is 6.20. The minimum atomic E-state index is 0.00660. The Hall–Kier alpha value is -1.07. The molecule has 0 radical (unpaired) electrons. The van der Waals surface area contributed by atoms with Crippen molar-refractivity contribution in [2.45, 2.75) is 6.54 Å². The summed E-state index contributed by atoms with van der Waals surface area (Å²) in [5.74, 6) is 0. The van der Waals surface area contributed by atoms with Crippen LogP contribution in [0.25, 0.3) is 0 Å². The molecule has 0 amide bonds. The summed E-state index contributed by atoms with van der Waals surface area (Å²) in [6.45, 7) is 1.32. The van der Waals surface area contributed by atoms with Crippen LogP contribution in [0.5, 0.6) is 0 Å². The molecular weight excluding hydrogens is 360 g/mol. The van der Waals surface area contributed by atoms with Gasteiger partial charge in [0.2, 0.25) is 0 Å². The van der Waals surface area contributed by atoms with Crippen molar-refractivity contribution in [3.05, 3.63) is 61.9 Å². The van der Waals surface area contributed by atoms with Crippen LogP contribution in [0.2, 0.25) is 0 Å². The number of nitrogens with zero attached hydrogens (tertiary/aromatic N) is 1. The number of pyridine rings is 1. The lowest BCUT2D eigenvalue weighted by Crippen LogP contribution is -2.22. The van der Waals surface area contributed by atoms with Crippen LogP contribution in [0.1, 0.15) is 0 Å². The quantitative estimate of drug-likeness (QED) is 0.892. The van der Waals surface area contributed by atoms with Crippen LogP contribution in [0, 0.1) is 0 Å². The molecule has 18 heavy (non-hydrogen) atoms. The van der Waals surface area contributed by atoms with Gasteiger partial charge in [0.25, 0.3) is 5.56 Å². The maximum absolute atomic E-state index is 11.6. The van der Waals surface area contributed by atoms with Crippen LogP contribution in [0.15, 0.2) is 56.3 Å². The maximum atomic E-state index is 11.6. The lowest BCUT2D eigenvalue weighted by molar-refractivity contribution is 0.695. The fourth-order valence-corrected chi connectivity index (χ4v) is 2.40. The molecule has 1 heterocycles. The molecule has 5 heteroatoms. The van der Waals surface area contributed by atoms with Crippen LogP contribution in [0.3, 0.4) is 0 Å². The van der Waals surface area contributed by atoms with Gasteiger partial charge >= 0.3 is 0 Å². The minimum Gasteiger partial charge on any atom is -0.382 e. The standard InChI is InChI=1S/C13H12Br2N2O/c14-10-5-6-13(18)17(9-10)8-7-16-12-4-2-1-3-11(12)15/h1-6,9,16H,7-8H2. The molecule has 0 aliphatic heterocycles. The Morgan fingerprint density at radius 3 is 2.67 bits per heavy atom. The lowest BCUT2D eigenvalue weighted by Gasteiger charge is -2.10. The predicted molar refractivity (Wildman–Crippen MR) is 81.0 cm³/mol. The van der Waals surface area contributed by atoms with E-state index < -0.39 is 0 Å². The molecule has 2 rings (SSSR count). The first-order valence-corrected chi connectivity index (χ1v) is 7.10. The average Bonchev–Trinajstić information content (AvgIpc) is 2.36. The largest absolute Gasteiger partial charge is 0.382 e. The van der Waals surface area contributed by atoms with Crippen LogP contribution in [-0.2, 0) is 6.54 Å². The highest BCUT2D eigenvalue weighted by Crippen LogP contribution is 2.20. The van der Waals surface area contributed by atoms with E-state index >= 15 is 0 Å². The van der Waals surface area contributed by atoms with E-state index in [1.165, 1.54) is 0 Å². The molecule has 1 N–H and O–H groups in total. The van der Waals surface area contributed by atoms with E-state index in [2.05, 4.69) is 37.2 Å². The van der Waals surface area contributed by atoms with E-state index in [-0.39, 0.29) is 5.56 Å². The summed E-state index contributed by atoms with van der Waals surface area (Å²) in [4.78, 5) is 11.6. The molecule has 0 saturated carbocycles. The Labute approximate surface area is 122 Å². The fraction of sp³-hybridized carbons (Fsp3) is 0.154. The van der Waals surface area contributed by atoms with E-state index in [0.717, 1.165) is 14.6 Å². The summed E-state index contributed by atoms with van der Waals surface area (Å²) in [6.07, 6.45) is 1.80. The number of para-hydroxylation sites is 1. The Morgan fingerprint density at radius 1 is 1.11 bits per heavy atom. The second-order valence-corrected chi connectivity index (χ2v) is 5.56. The number of benzene rings is 1. The van der Waals surface area contributed by atoms with Crippen molar-refractivity contribution in [2.75, 3.05) is 11.9 Å². The fourth-order valence-electron chi connectivity index (χ4n) is 1.59. The molecule has 0 aliphatic rings. The smallest absolute Gasteiger partial charge is 0.250 e. The third kappa shape index (κ3) is 3.46. The van der Waals surface area contributed by atoms with Crippen LogP contribution < -0.4 is 10.9 Å². The molecule has 2 aromatic rings. The summed E-state index contributed by atoms with van der Waals surface area (Å²) < 4.78 is 3.60. The van der Waals surface area contributed by atoms with Crippen molar-refractivity contribution in [2.24, 2.45) is 0 Å². The van der Waals surface area contributed by atoms with E-state index in [0.29, 0.717) is 13.1 Å². The van der Waals surface area contributed by atoms with Gasteiger partial charge in [-0.25, -0.2) is 0 Å². The Balaban J connectivity index is 1.99. The number of hydrogen-bond acceptors (Lipinski definition) is 2. The molecule has 1 aromatic carbocycles. The molecule has 94 valence electrons. The predicted octanol–water partition coefficient (Wildman–Crippen LogP) is 3.49. The third-order valence-electron chi connectivity index (χ3n) is 2.49. The second-order valence-electron chi connectivity index (χ2n) is 3.79. The van der Waals surface area contributed by atoms with Gasteiger partial charge in [0.1, 0.15) is 0 Å². The van der Waals surface area contributed by atoms with Crippen molar-refractivity contribution in [1.29, 1.82) is 0 Å². The SMILES string of the molecule is O=c1ccc(Br)cn1CCNc1ccccc1Br. The molecule has 0 aliphatic carbocycles. The Kier molecular flexibility index (Phi) is 4.60. The van der Waals surface area contributed by atoms with Gasteiger partial charge in [0.15, 0.2) is 0 Å². The van der Waals surface area contributed by atoms with Crippen molar-refractivity contribution in [3.8, 4) is 0 Å². The van der Waals surface area contributed by atoms with Gasteiger partial charge in [-0.2, -0.15) is 0 Å². The first kappa shape index (κ1) is 13.4. The van der Waals surface area contributed by atoms with Gasteiger partial charge in [0, 0.05) is 40.0 Å². The first-order valence-electron chi connectivity index (χ1n) is 5.51. The van der Waals surface area contributed by atoms with E-state index in [1.807, 2.05) is 24.3 Å². The highest BCUT2D eigenvalue weighted by molar-refractivity contribution is 9.10. The molecule has 0 atom stereocenters. The highest BCUT2D eigenvalue weighted by atomic mass is 79.9. The molecule has 0 spiro atoms.